The molecule has 0 bridgehead atoms. The molecule has 2 aromatic rings. The normalized spacial score (nSPS) is 11.2. The molecule has 2 rings (SSSR count). The second kappa shape index (κ2) is 11.4. The summed E-state index contributed by atoms with van der Waals surface area (Å²) in [6, 6.07) is 14.8. The number of rotatable bonds is 10. The molecule has 0 aromatic heterocycles. The van der Waals surface area contributed by atoms with E-state index in [1.165, 1.54) is 12.0 Å². The van der Waals surface area contributed by atoms with Crippen LogP contribution < -0.4 is 14.8 Å². The molecule has 9 heteroatoms. The zero-order valence-electron chi connectivity index (χ0n) is 18.2. The Kier molecular flexibility index (Phi) is 8.92. The minimum absolute atomic E-state index is 0.0621. The molecule has 0 fully saturated rings. The second-order valence-corrected chi connectivity index (χ2v) is 7.43. The van der Waals surface area contributed by atoms with Crippen molar-refractivity contribution in [3.63, 3.8) is 0 Å². The van der Waals surface area contributed by atoms with Crippen LogP contribution in [-0.2, 0) is 22.7 Å². The molecule has 0 heterocycles. The summed E-state index contributed by atoms with van der Waals surface area (Å²) in [5.41, 5.74) is 1.71. The van der Waals surface area contributed by atoms with Crippen LogP contribution in [-0.4, -0.2) is 43.1 Å². The zero-order chi connectivity index (χ0) is 23.7. The third-order valence-corrected chi connectivity index (χ3v) is 4.57. The van der Waals surface area contributed by atoms with Crippen molar-refractivity contribution in [1.29, 1.82) is 0 Å². The Bertz CT molecular complexity index is 902. The van der Waals surface area contributed by atoms with E-state index in [0.29, 0.717) is 23.7 Å². The lowest BCUT2D eigenvalue weighted by Crippen LogP contribution is -2.43. The number of amides is 2. The molecule has 2 amide bonds. The Labute approximate surface area is 185 Å². The summed E-state index contributed by atoms with van der Waals surface area (Å²) in [5, 5.41) is 1.79. The molecule has 1 N–H and O–H groups in total. The third-order valence-electron chi connectivity index (χ3n) is 4.57. The molecule has 32 heavy (non-hydrogen) atoms. The fourth-order valence-electron chi connectivity index (χ4n) is 2.92. The van der Waals surface area contributed by atoms with Gasteiger partial charge in [0.15, 0.2) is 11.5 Å². The highest BCUT2D eigenvalue weighted by Crippen LogP contribution is 2.29. The van der Waals surface area contributed by atoms with Crippen molar-refractivity contribution >= 4 is 11.8 Å². The SMILES string of the molecule is COc1cc(CN(CCNC(=O)C(F)(F)F)C(=O)C(C)C)ccc1OCc1ccccc1. The largest absolute Gasteiger partial charge is 0.493 e. The van der Waals surface area contributed by atoms with Gasteiger partial charge in [-0.25, -0.2) is 0 Å². The van der Waals surface area contributed by atoms with E-state index in [0.717, 1.165) is 5.56 Å². The first-order chi connectivity index (χ1) is 15.1. The highest BCUT2D eigenvalue weighted by Gasteiger charge is 2.38. The smallest absolute Gasteiger partial charge is 0.471 e. The van der Waals surface area contributed by atoms with Gasteiger partial charge in [0, 0.05) is 25.6 Å². The van der Waals surface area contributed by atoms with E-state index in [4.69, 9.17) is 9.47 Å². The number of nitrogens with zero attached hydrogens (tertiary/aromatic N) is 1. The number of alkyl halides is 3. The number of benzene rings is 2. The zero-order valence-corrected chi connectivity index (χ0v) is 18.2. The van der Waals surface area contributed by atoms with Crippen molar-refractivity contribution in [2.75, 3.05) is 20.2 Å². The van der Waals surface area contributed by atoms with Crippen LogP contribution in [0.3, 0.4) is 0 Å². The summed E-state index contributed by atoms with van der Waals surface area (Å²) < 4.78 is 48.4. The third kappa shape index (κ3) is 7.47. The van der Waals surface area contributed by atoms with Gasteiger partial charge in [0.1, 0.15) is 6.61 Å². The first-order valence-electron chi connectivity index (χ1n) is 10.1. The lowest BCUT2D eigenvalue weighted by atomic mass is 10.1. The first-order valence-corrected chi connectivity index (χ1v) is 10.1. The van der Waals surface area contributed by atoms with Crippen LogP contribution in [0, 0.1) is 5.92 Å². The van der Waals surface area contributed by atoms with Crippen LogP contribution >= 0.6 is 0 Å². The lowest BCUT2D eigenvalue weighted by molar-refractivity contribution is -0.173. The van der Waals surface area contributed by atoms with E-state index in [-0.39, 0.29) is 31.5 Å². The van der Waals surface area contributed by atoms with Crippen molar-refractivity contribution in [3.8, 4) is 11.5 Å². The van der Waals surface area contributed by atoms with E-state index < -0.39 is 12.1 Å². The molecule has 0 saturated heterocycles. The number of carbonyl (C=O) groups is 2. The molecule has 0 radical (unpaired) electrons. The minimum atomic E-state index is -4.96. The summed E-state index contributed by atoms with van der Waals surface area (Å²) in [6.45, 7) is 3.52. The van der Waals surface area contributed by atoms with Crippen LogP contribution in [0.4, 0.5) is 13.2 Å². The Balaban J connectivity index is 2.07. The number of carbonyl (C=O) groups excluding carboxylic acids is 2. The Morgan fingerprint density at radius 3 is 2.31 bits per heavy atom. The lowest BCUT2D eigenvalue weighted by Gasteiger charge is -2.25. The highest BCUT2D eigenvalue weighted by atomic mass is 19.4. The number of methoxy groups -OCH3 is 1. The monoisotopic (exact) mass is 452 g/mol. The second-order valence-electron chi connectivity index (χ2n) is 7.43. The number of ether oxygens (including phenoxy) is 2. The highest BCUT2D eigenvalue weighted by molar-refractivity contribution is 5.82. The van der Waals surface area contributed by atoms with E-state index in [1.54, 1.807) is 37.4 Å². The van der Waals surface area contributed by atoms with Crippen molar-refractivity contribution in [2.45, 2.75) is 33.2 Å². The van der Waals surface area contributed by atoms with Gasteiger partial charge in [-0.1, -0.05) is 50.2 Å². The van der Waals surface area contributed by atoms with Crippen LogP contribution in [0.25, 0.3) is 0 Å². The summed E-state index contributed by atoms with van der Waals surface area (Å²) in [6.07, 6.45) is -4.96. The van der Waals surface area contributed by atoms with Gasteiger partial charge in [0.05, 0.1) is 7.11 Å². The Morgan fingerprint density at radius 1 is 1.03 bits per heavy atom. The van der Waals surface area contributed by atoms with Crippen LogP contribution in [0.1, 0.15) is 25.0 Å². The van der Waals surface area contributed by atoms with Gasteiger partial charge in [-0.3, -0.25) is 9.59 Å². The Morgan fingerprint density at radius 2 is 1.72 bits per heavy atom. The molecule has 0 atom stereocenters. The quantitative estimate of drug-likeness (QED) is 0.593. The minimum Gasteiger partial charge on any atom is -0.493 e. The van der Waals surface area contributed by atoms with Crippen molar-refractivity contribution in [3.05, 3.63) is 59.7 Å². The topological polar surface area (TPSA) is 67.9 Å². The summed E-state index contributed by atoms with van der Waals surface area (Å²) in [5.74, 6) is -1.63. The van der Waals surface area contributed by atoms with E-state index in [9.17, 15) is 22.8 Å². The van der Waals surface area contributed by atoms with E-state index in [1.807, 2.05) is 30.3 Å². The molecule has 0 aliphatic heterocycles. The molecule has 0 aliphatic carbocycles. The fourth-order valence-corrected chi connectivity index (χ4v) is 2.92. The molecule has 174 valence electrons. The number of nitrogens with one attached hydrogen (secondary N) is 1. The van der Waals surface area contributed by atoms with Gasteiger partial charge >= 0.3 is 12.1 Å². The number of hydrogen-bond acceptors (Lipinski definition) is 4. The molecular weight excluding hydrogens is 425 g/mol. The van der Waals surface area contributed by atoms with Crippen LogP contribution in [0.15, 0.2) is 48.5 Å². The van der Waals surface area contributed by atoms with Crippen molar-refractivity contribution in [2.24, 2.45) is 5.92 Å². The Hall–Kier alpha value is -3.23. The average molecular weight is 452 g/mol. The van der Waals surface area contributed by atoms with Crippen molar-refractivity contribution < 1.29 is 32.2 Å². The molecule has 6 nitrogen and oxygen atoms in total. The fraction of sp³-hybridized carbons (Fsp3) is 0.391. The number of hydrogen-bond donors (Lipinski definition) is 1. The van der Waals surface area contributed by atoms with Gasteiger partial charge in [-0.05, 0) is 23.3 Å². The predicted molar refractivity (Wildman–Crippen MR) is 113 cm³/mol. The molecule has 2 aromatic carbocycles. The molecule has 0 spiro atoms. The van der Waals surface area contributed by atoms with Crippen LogP contribution in [0.5, 0.6) is 11.5 Å². The maximum absolute atomic E-state index is 12.5. The molecular formula is C23H27F3N2O4. The summed E-state index contributed by atoms with van der Waals surface area (Å²) >= 11 is 0. The summed E-state index contributed by atoms with van der Waals surface area (Å²) in [4.78, 5) is 25.0. The molecule has 0 unspecified atom stereocenters. The average Bonchev–Trinajstić information content (AvgIpc) is 2.76. The first kappa shape index (κ1) is 25.0. The summed E-state index contributed by atoms with van der Waals surface area (Å²) in [7, 11) is 1.50. The van der Waals surface area contributed by atoms with Gasteiger partial charge in [-0.15, -0.1) is 0 Å². The van der Waals surface area contributed by atoms with Gasteiger partial charge in [0.2, 0.25) is 5.91 Å². The van der Waals surface area contributed by atoms with Gasteiger partial charge < -0.3 is 19.7 Å². The predicted octanol–water partition coefficient (Wildman–Crippen LogP) is 3.94. The van der Waals surface area contributed by atoms with Crippen LogP contribution in [0.2, 0.25) is 0 Å². The standard InChI is InChI=1S/C23H27F3N2O4/c1-16(2)21(29)28(12-11-27-22(30)23(24,25)26)14-18-9-10-19(20(13-18)31-3)32-15-17-7-5-4-6-8-17/h4-10,13,16H,11-12,14-15H2,1-3H3,(H,27,30). The molecule has 0 saturated carbocycles. The number of halogens is 3. The van der Waals surface area contributed by atoms with Crippen molar-refractivity contribution in [1.82, 2.24) is 10.2 Å². The molecule has 0 aliphatic rings. The van der Waals surface area contributed by atoms with Gasteiger partial charge in [-0.2, -0.15) is 13.2 Å². The van der Waals surface area contributed by atoms with E-state index in [2.05, 4.69) is 0 Å². The van der Waals surface area contributed by atoms with E-state index >= 15 is 0 Å². The maximum Gasteiger partial charge on any atom is 0.471 e. The maximum atomic E-state index is 12.5. The van der Waals surface area contributed by atoms with Gasteiger partial charge in [0.25, 0.3) is 0 Å².